The van der Waals surface area contributed by atoms with Crippen molar-refractivity contribution in [3.8, 4) is 0 Å². The van der Waals surface area contributed by atoms with Crippen LogP contribution in [0.2, 0.25) is 0 Å². The van der Waals surface area contributed by atoms with Crippen LogP contribution < -0.4 is 10.6 Å². The molecular formula is C12H16F3N3O. The number of amidine groups is 1. The van der Waals surface area contributed by atoms with Crippen molar-refractivity contribution < 1.29 is 18.4 Å². The summed E-state index contributed by atoms with van der Waals surface area (Å²) in [6.07, 6.45) is -4.86. The van der Waals surface area contributed by atoms with E-state index in [2.05, 4.69) is 5.16 Å². The molecule has 3 N–H and O–H groups in total. The number of alkyl halides is 3. The van der Waals surface area contributed by atoms with E-state index in [-0.39, 0.29) is 12.3 Å². The monoisotopic (exact) mass is 275 g/mol. The first-order chi connectivity index (χ1) is 8.83. The first-order valence-electron chi connectivity index (χ1n) is 5.69. The van der Waals surface area contributed by atoms with Crippen LogP contribution >= 0.6 is 0 Å². The van der Waals surface area contributed by atoms with Crippen LogP contribution in [0.15, 0.2) is 29.4 Å². The Morgan fingerprint density at radius 1 is 1.32 bits per heavy atom. The van der Waals surface area contributed by atoms with Crippen molar-refractivity contribution in [2.75, 3.05) is 18.5 Å². The third kappa shape index (κ3) is 5.07. The van der Waals surface area contributed by atoms with Crippen molar-refractivity contribution in [2.45, 2.75) is 19.0 Å². The SMILES string of the molecule is CN(CCCC(F)(F)F)c1ccc(/C(N)=N/O)cc1. The number of anilines is 1. The minimum absolute atomic E-state index is 0.00808. The summed E-state index contributed by atoms with van der Waals surface area (Å²) in [6.45, 7) is 0.308. The van der Waals surface area contributed by atoms with Crippen molar-refractivity contribution in [3.63, 3.8) is 0 Å². The number of benzene rings is 1. The van der Waals surface area contributed by atoms with Gasteiger partial charge in [0.1, 0.15) is 0 Å². The summed E-state index contributed by atoms with van der Waals surface area (Å²) in [5.41, 5.74) is 6.74. The van der Waals surface area contributed by atoms with Crippen molar-refractivity contribution >= 4 is 11.5 Å². The van der Waals surface area contributed by atoms with E-state index >= 15 is 0 Å². The summed E-state index contributed by atoms with van der Waals surface area (Å²) in [7, 11) is 1.72. The molecule has 0 amide bonds. The molecule has 1 aromatic carbocycles. The standard InChI is InChI=1S/C12H16F3N3O/c1-18(8-2-7-12(13,14)15)10-5-3-9(4-6-10)11(16)17-19/h3-6,19H,2,7-8H2,1H3,(H2,16,17). The average Bonchev–Trinajstić information content (AvgIpc) is 2.36. The van der Waals surface area contributed by atoms with E-state index in [0.717, 1.165) is 5.69 Å². The van der Waals surface area contributed by atoms with Gasteiger partial charge < -0.3 is 15.8 Å². The maximum atomic E-state index is 12.0. The molecule has 0 atom stereocenters. The van der Waals surface area contributed by atoms with Crippen molar-refractivity contribution in [1.82, 2.24) is 0 Å². The second-order valence-corrected chi connectivity index (χ2v) is 4.17. The van der Waals surface area contributed by atoms with Gasteiger partial charge in [-0.25, -0.2) is 0 Å². The molecule has 4 nitrogen and oxygen atoms in total. The van der Waals surface area contributed by atoms with E-state index in [9.17, 15) is 13.2 Å². The number of oxime groups is 1. The van der Waals surface area contributed by atoms with E-state index in [1.807, 2.05) is 0 Å². The maximum Gasteiger partial charge on any atom is 0.389 e. The summed E-state index contributed by atoms with van der Waals surface area (Å²) in [6, 6.07) is 6.71. The van der Waals surface area contributed by atoms with Crippen LogP contribution in [-0.2, 0) is 0 Å². The molecule has 7 heteroatoms. The van der Waals surface area contributed by atoms with Gasteiger partial charge in [-0.15, -0.1) is 0 Å². The number of halogens is 3. The lowest BCUT2D eigenvalue weighted by Crippen LogP contribution is -2.21. The van der Waals surface area contributed by atoms with Gasteiger partial charge >= 0.3 is 6.18 Å². The Bertz CT molecular complexity index is 429. The second kappa shape index (κ2) is 6.31. The zero-order valence-electron chi connectivity index (χ0n) is 10.5. The van der Waals surface area contributed by atoms with Crippen LogP contribution in [0.5, 0.6) is 0 Å². The van der Waals surface area contributed by atoms with E-state index < -0.39 is 12.6 Å². The van der Waals surface area contributed by atoms with E-state index in [0.29, 0.717) is 12.1 Å². The molecule has 0 aromatic heterocycles. The lowest BCUT2D eigenvalue weighted by Gasteiger charge is -2.19. The van der Waals surface area contributed by atoms with Gasteiger partial charge in [0.25, 0.3) is 0 Å². The molecule has 0 spiro atoms. The molecule has 0 fully saturated rings. The van der Waals surface area contributed by atoms with Gasteiger partial charge in [0.15, 0.2) is 5.84 Å². The van der Waals surface area contributed by atoms with Crippen LogP contribution in [0.25, 0.3) is 0 Å². The first-order valence-corrected chi connectivity index (χ1v) is 5.69. The van der Waals surface area contributed by atoms with Crippen LogP contribution in [0.1, 0.15) is 18.4 Å². The summed E-state index contributed by atoms with van der Waals surface area (Å²) < 4.78 is 36.1. The minimum atomic E-state index is -4.11. The Kier molecular flexibility index (Phi) is 5.02. The fourth-order valence-corrected chi connectivity index (χ4v) is 1.59. The lowest BCUT2D eigenvalue weighted by atomic mass is 10.2. The van der Waals surface area contributed by atoms with Crippen LogP contribution in [0.3, 0.4) is 0 Å². The van der Waals surface area contributed by atoms with E-state index in [1.54, 1.807) is 36.2 Å². The van der Waals surface area contributed by atoms with Gasteiger partial charge in [0.05, 0.1) is 0 Å². The highest BCUT2D eigenvalue weighted by Gasteiger charge is 2.26. The molecule has 19 heavy (non-hydrogen) atoms. The largest absolute Gasteiger partial charge is 0.409 e. The third-order valence-electron chi connectivity index (χ3n) is 2.67. The predicted molar refractivity (Wildman–Crippen MR) is 67.5 cm³/mol. The third-order valence-corrected chi connectivity index (χ3v) is 2.67. The van der Waals surface area contributed by atoms with Gasteiger partial charge in [0, 0.05) is 31.3 Å². The first kappa shape index (κ1) is 15.1. The molecule has 0 unspecified atom stereocenters. The molecule has 0 aliphatic carbocycles. The van der Waals surface area contributed by atoms with Crippen molar-refractivity contribution in [2.24, 2.45) is 10.9 Å². The molecule has 0 heterocycles. The Hall–Kier alpha value is -1.92. The fraction of sp³-hybridized carbons (Fsp3) is 0.417. The van der Waals surface area contributed by atoms with Crippen molar-refractivity contribution in [3.05, 3.63) is 29.8 Å². The Morgan fingerprint density at radius 2 is 1.89 bits per heavy atom. The van der Waals surface area contributed by atoms with Gasteiger partial charge in [-0.3, -0.25) is 0 Å². The van der Waals surface area contributed by atoms with E-state index in [1.165, 1.54) is 0 Å². The Labute approximate surface area is 109 Å². The molecule has 0 saturated heterocycles. The maximum absolute atomic E-state index is 12.0. The number of nitrogens with zero attached hydrogens (tertiary/aromatic N) is 2. The molecule has 1 rings (SSSR count). The summed E-state index contributed by atoms with van der Waals surface area (Å²) in [4.78, 5) is 1.72. The van der Waals surface area contributed by atoms with Gasteiger partial charge in [0.2, 0.25) is 0 Å². The van der Waals surface area contributed by atoms with Gasteiger partial charge in [-0.1, -0.05) is 5.16 Å². The minimum Gasteiger partial charge on any atom is -0.409 e. The molecule has 0 aliphatic heterocycles. The number of hydrogen-bond donors (Lipinski definition) is 2. The van der Waals surface area contributed by atoms with Crippen LogP contribution in [-0.4, -0.2) is 30.8 Å². The summed E-state index contributed by atoms with van der Waals surface area (Å²) in [5.74, 6) is -0.00808. The smallest absolute Gasteiger partial charge is 0.389 e. The second-order valence-electron chi connectivity index (χ2n) is 4.17. The molecular weight excluding hydrogens is 259 g/mol. The van der Waals surface area contributed by atoms with Crippen LogP contribution in [0.4, 0.5) is 18.9 Å². The Morgan fingerprint density at radius 3 is 2.37 bits per heavy atom. The molecule has 0 radical (unpaired) electrons. The normalized spacial score (nSPS) is 12.5. The average molecular weight is 275 g/mol. The summed E-state index contributed by atoms with van der Waals surface area (Å²) >= 11 is 0. The van der Waals surface area contributed by atoms with Gasteiger partial charge in [-0.05, 0) is 30.7 Å². The lowest BCUT2D eigenvalue weighted by molar-refractivity contribution is -0.135. The molecule has 1 aromatic rings. The highest BCUT2D eigenvalue weighted by molar-refractivity contribution is 5.97. The fourth-order valence-electron chi connectivity index (χ4n) is 1.59. The number of rotatable bonds is 5. The Balaban J connectivity index is 2.56. The summed E-state index contributed by atoms with van der Waals surface area (Å²) in [5, 5.41) is 11.4. The van der Waals surface area contributed by atoms with Gasteiger partial charge in [-0.2, -0.15) is 13.2 Å². The topological polar surface area (TPSA) is 61.8 Å². The molecule has 0 bridgehead atoms. The number of nitrogens with two attached hydrogens (primary N) is 1. The molecule has 106 valence electrons. The number of hydrogen-bond acceptors (Lipinski definition) is 3. The zero-order valence-corrected chi connectivity index (χ0v) is 10.5. The highest BCUT2D eigenvalue weighted by atomic mass is 19.4. The highest BCUT2D eigenvalue weighted by Crippen LogP contribution is 2.22. The molecule has 0 aliphatic rings. The quantitative estimate of drug-likeness (QED) is 0.376. The molecule has 0 saturated carbocycles. The van der Waals surface area contributed by atoms with E-state index in [4.69, 9.17) is 10.9 Å². The van der Waals surface area contributed by atoms with Crippen LogP contribution in [0, 0.1) is 0 Å². The zero-order chi connectivity index (χ0) is 14.5. The predicted octanol–water partition coefficient (Wildman–Crippen LogP) is 2.56. The van der Waals surface area contributed by atoms with Crippen molar-refractivity contribution in [1.29, 1.82) is 0 Å².